The van der Waals surface area contributed by atoms with Gasteiger partial charge in [0, 0.05) is 9.26 Å². The van der Waals surface area contributed by atoms with Gasteiger partial charge >= 0.3 is 11.9 Å². The zero-order chi connectivity index (χ0) is 13.8. The molecule has 0 aliphatic heterocycles. The van der Waals surface area contributed by atoms with Gasteiger partial charge in [-0.3, -0.25) is 0 Å². The fourth-order valence-corrected chi connectivity index (χ4v) is 2.04. The first-order chi connectivity index (χ1) is 9.08. The van der Waals surface area contributed by atoms with Gasteiger partial charge in [0.2, 0.25) is 0 Å². The molecule has 4 nitrogen and oxygen atoms in total. The molecule has 0 radical (unpaired) electrons. The van der Waals surface area contributed by atoms with Crippen LogP contribution in [0.4, 0.5) is 5.69 Å². The van der Waals surface area contributed by atoms with Gasteiger partial charge in [0.05, 0.1) is 11.1 Å². The Hall–Kier alpha value is -1.89. The quantitative estimate of drug-likeness (QED) is 0.384. The number of hydrogen-bond acceptors (Lipinski definition) is 4. The van der Waals surface area contributed by atoms with Crippen molar-refractivity contribution in [1.82, 2.24) is 0 Å². The maximum atomic E-state index is 11.8. The summed E-state index contributed by atoms with van der Waals surface area (Å²) in [7, 11) is 0. The zero-order valence-electron chi connectivity index (χ0n) is 9.80. The topological polar surface area (TPSA) is 69.4 Å². The molecule has 0 heterocycles. The molecule has 19 heavy (non-hydrogen) atoms. The lowest BCUT2D eigenvalue weighted by molar-refractivity contribution is 0.0398. The van der Waals surface area contributed by atoms with E-state index in [1.807, 2.05) is 6.07 Å². The molecule has 2 N–H and O–H groups in total. The minimum Gasteiger partial charge on any atom is -0.398 e. The molecule has 0 aliphatic rings. The van der Waals surface area contributed by atoms with Crippen LogP contribution in [0.3, 0.4) is 0 Å². The number of hydrogen-bond donors (Lipinski definition) is 1. The van der Waals surface area contributed by atoms with E-state index < -0.39 is 11.9 Å². The second-order valence-corrected chi connectivity index (χ2v) is 5.02. The van der Waals surface area contributed by atoms with E-state index in [4.69, 9.17) is 10.5 Å². The van der Waals surface area contributed by atoms with Crippen LogP contribution >= 0.6 is 22.6 Å². The highest BCUT2D eigenvalue weighted by Crippen LogP contribution is 2.14. The van der Waals surface area contributed by atoms with Crippen LogP contribution in [0.15, 0.2) is 48.5 Å². The predicted molar refractivity (Wildman–Crippen MR) is 79.8 cm³/mol. The van der Waals surface area contributed by atoms with Crippen molar-refractivity contribution in [3.05, 3.63) is 63.2 Å². The smallest absolute Gasteiger partial charge is 0.348 e. The van der Waals surface area contributed by atoms with Crippen LogP contribution < -0.4 is 5.73 Å². The molecule has 0 bridgehead atoms. The van der Waals surface area contributed by atoms with Crippen LogP contribution in [0, 0.1) is 3.57 Å². The number of nitrogen functional groups attached to an aromatic ring is 1. The molecule has 0 amide bonds. The van der Waals surface area contributed by atoms with E-state index in [0.717, 1.165) is 3.57 Å². The lowest BCUT2D eigenvalue weighted by Crippen LogP contribution is -2.14. The first-order valence-corrected chi connectivity index (χ1v) is 6.52. The van der Waals surface area contributed by atoms with Crippen molar-refractivity contribution in [3.63, 3.8) is 0 Å². The van der Waals surface area contributed by atoms with Crippen molar-refractivity contribution in [2.24, 2.45) is 0 Å². The molecule has 0 saturated carbocycles. The summed E-state index contributed by atoms with van der Waals surface area (Å²) < 4.78 is 5.68. The summed E-state index contributed by atoms with van der Waals surface area (Å²) in [4.78, 5) is 23.6. The minimum atomic E-state index is -0.748. The number of anilines is 1. The summed E-state index contributed by atoms with van der Waals surface area (Å²) in [6.07, 6.45) is 0. The van der Waals surface area contributed by atoms with Gasteiger partial charge in [0.15, 0.2) is 0 Å². The van der Waals surface area contributed by atoms with Gasteiger partial charge in [-0.2, -0.15) is 0 Å². The van der Waals surface area contributed by atoms with Crippen molar-refractivity contribution >= 4 is 40.2 Å². The molecule has 0 aromatic heterocycles. The first kappa shape index (κ1) is 13.5. The van der Waals surface area contributed by atoms with Gasteiger partial charge in [-0.25, -0.2) is 9.59 Å². The van der Waals surface area contributed by atoms with Crippen molar-refractivity contribution in [2.45, 2.75) is 0 Å². The summed E-state index contributed by atoms with van der Waals surface area (Å²) in [5.74, 6) is -1.44. The standard InChI is InChI=1S/C14H10INO3/c15-10-5-3-4-9(8-10)13(17)19-14(18)11-6-1-2-7-12(11)16/h1-8H,16H2. The summed E-state index contributed by atoms with van der Waals surface area (Å²) in [6, 6.07) is 13.2. The Morgan fingerprint density at radius 2 is 1.74 bits per heavy atom. The highest BCUT2D eigenvalue weighted by Gasteiger charge is 2.16. The van der Waals surface area contributed by atoms with E-state index in [0.29, 0.717) is 5.56 Å². The van der Waals surface area contributed by atoms with Crippen molar-refractivity contribution < 1.29 is 14.3 Å². The van der Waals surface area contributed by atoms with Crippen molar-refractivity contribution in [3.8, 4) is 0 Å². The maximum absolute atomic E-state index is 11.8. The van der Waals surface area contributed by atoms with E-state index in [1.54, 1.807) is 36.4 Å². The third-order valence-corrected chi connectivity index (χ3v) is 3.10. The van der Waals surface area contributed by atoms with Gasteiger partial charge in [-0.05, 0) is 52.9 Å². The molecule has 2 rings (SSSR count). The average molecular weight is 367 g/mol. The predicted octanol–water partition coefficient (Wildman–Crippen LogP) is 2.87. The Morgan fingerprint density at radius 1 is 1.00 bits per heavy atom. The van der Waals surface area contributed by atoms with Crippen LogP contribution in [-0.4, -0.2) is 11.9 Å². The maximum Gasteiger partial charge on any atom is 0.348 e. The first-order valence-electron chi connectivity index (χ1n) is 5.44. The Labute approximate surface area is 123 Å². The number of nitrogens with two attached hydrogens (primary N) is 1. The highest BCUT2D eigenvalue weighted by molar-refractivity contribution is 14.1. The molecule has 2 aromatic rings. The summed E-state index contributed by atoms with van der Waals surface area (Å²) >= 11 is 2.08. The van der Waals surface area contributed by atoms with E-state index in [-0.39, 0.29) is 11.3 Å². The number of halogens is 1. The molecule has 0 spiro atoms. The van der Waals surface area contributed by atoms with Crippen LogP contribution in [-0.2, 0) is 4.74 Å². The van der Waals surface area contributed by atoms with Crippen molar-refractivity contribution in [2.75, 3.05) is 5.73 Å². The number of esters is 2. The zero-order valence-corrected chi connectivity index (χ0v) is 12.0. The number of ether oxygens (including phenoxy) is 1. The highest BCUT2D eigenvalue weighted by atomic mass is 127. The molecular formula is C14H10INO3. The van der Waals surface area contributed by atoms with Gasteiger partial charge in [-0.1, -0.05) is 18.2 Å². The molecule has 0 saturated heterocycles. The number of carbonyl (C=O) groups is 2. The van der Waals surface area contributed by atoms with Gasteiger partial charge < -0.3 is 10.5 Å². The van der Waals surface area contributed by atoms with E-state index >= 15 is 0 Å². The third kappa shape index (κ3) is 3.31. The largest absolute Gasteiger partial charge is 0.398 e. The van der Waals surface area contributed by atoms with Gasteiger partial charge in [0.1, 0.15) is 0 Å². The second-order valence-electron chi connectivity index (χ2n) is 3.77. The molecule has 5 heteroatoms. The average Bonchev–Trinajstić information content (AvgIpc) is 2.39. The summed E-state index contributed by atoms with van der Waals surface area (Å²) in [6.45, 7) is 0. The monoisotopic (exact) mass is 367 g/mol. The number of benzene rings is 2. The Kier molecular flexibility index (Phi) is 4.16. The number of rotatable bonds is 2. The molecule has 0 aliphatic carbocycles. The fourth-order valence-electron chi connectivity index (χ4n) is 1.50. The second kappa shape index (κ2) is 5.83. The van der Waals surface area contributed by atoms with Gasteiger partial charge in [-0.15, -0.1) is 0 Å². The van der Waals surface area contributed by atoms with Crippen LogP contribution in [0.5, 0.6) is 0 Å². The van der Waals surface area contributed by atoms with Gasteiger partial charge in [0.25, 0.3) is 0 Å². The fraction of sp³-hybridized carbons (Fsp3) is 0. The van der Waals surface area contributed by atoms with Crippen molar-refractivity contribution in [1.29, 1.82) is 0 Å². The SMILES string of the molecule is Nc1ccccc1C(=O)OC(=O)c1cccc(I)c1. The van der Waals surface area contributed by atoms with Crippen LogP contribution in [0.2, 0.25) is 0 Å². The van der Waals surface area contributed by atoms with Crippen LogP contribution in [0.25, 0.3) is 0 Å². The molecule has 0 fully saturated rings. The van der Waals surface area contributed by atoms with E-state index in [9.17, 15) is 9.59 Å². The molecule has 96 valence electrons. The summed E-state index contributed by atoms with van der Waals surface area (Å²) in [5, 5.41) is 0. The Morgan fingerprint density at radius 3 is 2.42 bits per heavy atom. The molecule has 0 unspecified atom stereocenters. The number of para-hydroxylation sites is 1. The molecule has 0 atom stereocenters. The Bertz CT molecular complexity index is 640. The lowest BCUT2D eigenvalue weighted by Gasteiger charge is -2.05. The lowest BCUT2D eigenvalue weighted by atomic mass is 10.2. The normalized spacial score (nSPS) is 9.95. The van der Waals surface area contributed by atoms with Crippen LogP contribution in [0.1, 0.15) is 20.7 Å². The third-order valence-electron chi connectivity index (χ3n) is 2.43. The minimum absolute atomic E-state index is 0.182. The number of carbonyl (C=O) groups excluding carboxylic acids is 2. The summed E-state index contributed by atoms with van der Waals surface area (Å²) in [5.41, 5.74) is 6.44. The molecule has 2 aromatic carbocycles. The molecular weight excluding hydrogens is 357 g/mol. The van der Waals surface area contributed by atoms with E-state index in [2.05, 4.69) is 22.6 Å². The Balaban J connectivity index is 2.16. The van der Waals surface area contributed by atoms with E-state index in [1.165, 1.54) is 6.07 Å².